The Hall–Kier alpha value is -2.36. The summed E-state index contributed by atoms with van der Waals surface area (Å²) in [6.07, 6.45) is -3.51. The van der Waals surface area contributed by atoms with E-state index in [1.54, 1.807) is 0 Å². The summed E-state index contributed by atoms with van der Waals surface area (Å²) < 4.78 is 64.6. The van der Waals surface area contributed by atoms with Crippen molar-refractivity contribution in [2.45, 2.75) is 11.1 Å². The number of aromatic nitrogens is 2. The van der Waals surface area contributed by atoms with Gasteiger partial charge in [0.2, 0.25) is 0 Å². The Balaban J connectivity index is 1.89. The van der Waals surface area contributed by atoms with Crippen LogP contribution in [0, 0.1) is 0 Å². The van der Waals surface area contributed by atoms with Crippen molar-refractivity contribution in [1.29, 1.82) is 0 Å². The first-order chi connectivity index (χ1) is 13.5. The molecule has 1 heterocycles. The van der Waals surface area contributed by atoms with Gasteiger partial charge in [0.1, 0.15) is 22.9 Å². The Morgan fingerprint density at radius 3 is 2.34 bits per heavy atom. The molecule has 11 heteroatoms. The van der Waals surface area contributed by atoms with Crippen LogP contribution < -0.4 is 0 Å². The fourth-order valence-corrected chi connectivity index (χ4v) is 4.12. The zero-order valence-electron chi connectivity index (χ0n) is 14.3. The fraction of sp³-hybridized carbons (Fsp3) is 0.111. The predicted octanol–water partition coefficient (Wildman–Crippen LogP) is 4.85. The summed E-state index contributed by atoms with van der Waals surface area (Å²) in [5.41, 5.74) is -1.24. The first-order valence-electron chi connectivity index (χ1n) is 7.91. The van der Waals surface area contributed by atoms with E-state index in [0.717, 1.165) is 23.0 Å². The highest BCUT2D eigenvalue weighted by Gasteiger charge is 2.31. The van der Waals surface area contributed by atoms with Crippen LogP contribution in [0.1, 0.15) is 16.1 Å². The van der Waals surface area contributed by atoms with Crippen LogP contribution in [0.2, 0.25) is 10.2 Å². The van der Waals surface area contributed by atoms with Crippen molar-refractivity contribution >= 4 is 38.8 Å². The lowest BCUT2D eigenvalue weighted by molar-refractivity contribution is -0.137. The van der Waals surface area contributed by atoms with Crippen molar-refractivity contribution in [3.63, 3.8) is 0 Å². The van der Waals surface area contributed by atoms with Crippen LogP contribution in [-0.4, -0.2) is 29.5 Å². The Bertz CT molecular complexity index is 1170. The summed E-state index contributed by atoms with van der Waals surface area (Å²) in [7, 11) is -3.99. The highest BCUT2D eigenvalue weighted by Crippen LogP contribution is 2.31. The molecule has 0 bridgehead atoms. The highest BCUT2D eigenvalue weighted by atomic mass is 35.5. The number of carbonyl (C=O) groups is 1. The van der Waals surface area contributed by atoms with Crippen LogP contribution >= 0.6 is 23.2 Å². The second-order valence-electron chi connectivity index (χ2n) is 5.94. The Labute approximate surface area is 173 Å². The van der Waals surface area contributed by atoms with Crippen LogP contribution in [0.4, 0.5) is 13.2 Å². The van der Waals surface area contributed by atoms with Gasteiger partial charge in [-0.25, -0.2) is 13.4 Å². The van der Waals surface area contributed by atoms with E-state index in [2.05, 4.69) is 4.98 Å². The maximum atomic E-state index is 12.9. The zero-order chi connectivity index (χ0) is 21.4. The van der Waals surface area contributed by atoms with E-state index in [9.17, 15) is 26.4 Å². The molecule has 0 fully saturated rings. The highest BCUT2D eigenvalue weighted by molar-refractivity contribution is 7.92. The minimum absolute atomic E-state index is 0.0249. The largest absolute Gasteiger partial charge is 0.416 e. The van der Waals surface area contributed by atoms with Crippen molar-refractivity contribution in [3.8, 4) is 5.69 Å². The summed E-state index contributed by atoms with van der Waals surface area (Å²) in [5.74, 6) is -1.80. The van der Waals surface area contributed by atoms with E-state index in [1.165, 1.54) is 36.4 Å². The number of imidazole rings is 1. The van der Waals surface area contributed by atoms with Gasteiger partial charge in [-0.1, -0.05) is 29.3 Å². The quantitative estimate of drug-likeness (QED) is 0.508. The number of carbonyl (C=O) groups excluding carboxylic acids is 1. The van der Waals surface area contributed by atoms with Crippen molar-refractivity contribution in [2.75, 3.05) is 5.75 Å². The third-order valence-corrected chi connectivity index (χ3v) is 6.16. The number of hydrogen-bond acceptors (Lipinski definition) is 4. The molecule has 3 rings (SSSR count). The molecular formula is C18H11Cl2F3N2O3S. The molecular weight excluding hydrogens is 452 g/mol. The summed E-state index contributed by atoms with van der Waals surface area (Å²) >= 11 is 11.8. The van der Waals surface area contributed by atoms with Gasteiger partial charge in [-0.2, -0.15) is 13.2 Å². The molecule has 0 aliphatic rings. The van der Waals surface area contributed by atoms with Gasteiger partial charge in [0.15, 0.2) is 15.6 Å². The normalized spacial score (nSPS) is 12.2. The molecule has 0 aliphatic carbocycles. The van der Waals surface area contributed by atoms with Crippen LogP contribution in [0.5, 0.6) is 0 Å². The van der Waals surface area contributed by atoms with Gasteiger partial charge in [-0.15, -0.1) is 0 Å². The maximum absolute atomic E-state index is 12.9. The molecule has 2 aromatic carbocycles. The molecule has 0 saturated carbocycles. The number of ketones is 1. The molecule has 0 atom stereocenters. The number of hydrogen-bond donors (Lipinski definition) is 0. The smallest absolute Gasteiger partial charge is 0.291 e. The van der Waals surface area contributed by atoms with Crippen molar-refractivity contribution in [1.82, 2.24) is 9.55 Å². The van der Waals surface area contributed by atoms with Gasteiger partial charge in [0, 0.05) is 10.7 Å². The van der Waals surface area contributed by atoms with Crippen molar-refractivity contribution in [2.24, 2.45) is 0 Å². The van der Waals surface area contributed by atoms with Gasteiger partial charge in [-0.3, -0.25) is 9.36 Å². The van der Waals surface area contributed by atoms with E-state index in [0.29, 0.717) is 5.02 Å². The summed E-state index contributed by atoms with van der Waals surface area (Å²) in [6, 6.07) is 9.51. The average molecular weight is 463 g/mol. The molecule has 1 aromatic heterocycles. The van der Waals surface area contributed by atoms with Crippen LogP contribution in [0.25, 0.3) is 5.69 Å². The molecule has 0 spiro atoms. The Morgan fingerprint density at radius 1 is 1.07 bits per heavy atom. The summed E-state index contributed by atoms with van der Waals surface area (Å²) in [6.45, 7) is 0. The van der Waals surface area contributed by atoms with Crippen LogP contribution in [0.3, 0.4) is 0 Å². The molecule has 0 N–H and O–H groups in total. The SMILES string of the molecule is O=C(CS(=O)(=O)c1ccc(Cl)cc1)c1ncn(-c2cccc(C(F)(F)F)c2)c1Cl. The molecule has 0 radical (unpaired) electrons. The molecule has 29 heavy (non-hydrogen) atoms. The van der Waals surface area contributed by atoms with Crippen molar-refractivity contribution in [3.05, 3.63) is 76.3 Å². The molecule has 0 aliphatic heterocycles. The first kappa shape index (κ1) is 21.4. The third-order valence-electron chi connectivity index (χ3n) is 3.92. The number of alkyl halides is 3. The summed E-state index contributed by atoms with van der Waals surface area (Å²) in [4.78, 5) is 16.1. The van der Waals surface area contributed by atoms with Crippen LogP contribution in [-0.2, 0) is 16.0 Å². The Morgan fingerprint density at radius 2 is 1.72 bits per heavy atom. The van der Waals surface area contributed by atoms with Crippen LogP contribution in [0.15, 0.2) is 59.8 Å². The van der Waals surface area contributed by atoms with Gasteiger partial charge in [0.05, 0.1) is 10.5 Å². The lowest BCUT2D eigenvalue weighted by atomic mass is 10.2. The molecule has 0 unspecified atom stereocenters. The van der Waals surface area contributed by atoms with E-state index in [1.807, 2.05) is 0 Å². The number of benzene rings is 2. The second-order valence-corrected chi connectivity index (χ2v) is 8.72. The average Bonchev–Trinajstić information content (AvgIpc) is 3.03. The lowest BCUT2D eigenvalue weighted by Crippen LogP contribution is -2.17. The van der Waals surface area contributed by atoms with Gasteiger partial charge in [-0.05, 0) is 42.5 Å². The monoisotopic (exact) mass is 462 g/mol. The standard InChI is InChI=1S/C18H11Cl2F3N2O3S/c19-12-4-6-14(7-5-12)29(27,28)9-15(26)16-17(20)25(10-24-16)13-3-1-2-11(8-13)18(21,22)23/h1-8,10H,9H2. The van der Waals surface area contributed by atoms with E-state index in [4.69, 9.17) is 23.2 Å². The van der Waals surface area contributed by atoms with Gasteiger partial charge in [0.25, 0.3) is 0 Å². The molecule has 0 saturated heterocycles. The number of sulfone groups is 1. The van der Waals surface area contributed by atoms with E-state index in [-0.39, 0.29) is 21.4 Å². The fourth-order valence-electron chi connectivity index (χ4n) is 2.50. The van der Waals surface area contributed by atoms with Gasteiger partial charge < -0.3 is 0 Å². The topological polar surface area (TPSA) is 69.0 Å². The number of nitrogens with zero attached hydrogens (tertiary/aromatic N) is 2. The number of rotatable bonds is 5. The minimum atomic E-state index is -4.56. The molecule has 3 aromatic rings. The number of Topliss-reactive ketones (excluding diaryl/α,β-unsaturated/α-hetero) is 1. The van der Waals surface area contributed by atoms with Crippen molar-refractivity contribution < 1.29 is 26.4 Å². The zero-order valence-corrected chi connectivity index (χ0v) is 16.6. The molecule has 152 valence electrons. The third kappa shape index (κ3) is 4.63. The predicted molar refractivity (Wildman–Crippen MR) is 101 cm³/mol. The number of halogens is 5. The molecule has 0 amide bonds. The summed E-state index contributed by atoms with van der Waals surface area (Å²) in [5, 5.41) is 0.0405. The lowest BCUT2D eigenvalue weighted by Gasteiger charge is -2.10. The first-order valence-corrected chi connectivity index (χ1v) is 10.3. The minimum Gasteiger partial charge on any atom is -0.291 e. The van der Waals surface area contributed by atoms with Gasteiger partial charge >= 0.3 is 6.18 Å². The molecule has 5 nitrogen and oxygen atoms in total. The van der Waals surface area contributed by atoms with E-state index >= 15 is 0 Å². The Kier molecular flexibility index (Phi) is 5.75. The second kappa shape index (κ2) is 7.81. The van der Waals surface area contributed by atoms with E-state index < -0.39 is 33.1 Å². The maximum Gasteiger partial charge on any atom is 0.416 e.